The Morgan fingerprint density at radius 2 is 1.57 bits per heavy atom. The topological polar surface area (TPSA) is 0 Å². The van der Waals surface area contributed by atoms with E-state index in [0.29, 0.717) is 5.56 Å². The number of hydrogen-bond acceptors (Lipinski definition) is 0. The van der Waals surface area contributed by atoms with Crippen LogP contribution in [0.15, 0.2) is 42.5 Å². The highest BCUT2D eigenvalue weighted by Gasteiger charge is 1.99. The maximum Gasteiger partial charge on any atom is 0.123 e. The summed E-state index contributed by atoms with van der Waals surface area (Å²) < 4.78 is 25.4. The highest BCUT2D eigenvalue weighted by atomic mass is 19.1. The number of benzene rings is 2. The van der Waals surface area contributed by atoms with E-state index in [0.717, 1.165) is 5.56 Å². The molecule has 0 amide bonds. The molecule has 0 nitrogen and oxygen atoms in total. The molecule has 0 aliphatic heterocycles. The van der Waals surface area contributed by atoms with Crippen LogP contribution in [0.25, 0.3) is 11.1 Å². The number of rotatable bonds is 1. The van der Waals surface area contributed by atoms with Gasteiger partial charge in [0.05, 0.1) is 0 Å². The van der Waals surface area contributed by atoms with E-state index in [9.17, 15) is 8.78 Å². The molecule has 69 valence electrons. The van der Waals surface area contributed by atoms with Crippen LogP contribution in [0.2, 0.25) is 0 Å². The molecule has 0 aliphatic rings. The van der Waals surface area contributed by atoms with Gasteiger partial charge < -0.3 is 0 Å². The Labute approximate surface area is 80.8 Å². The Morgan fingerprint density at radius 1 is 0.857 bits per heavy atom. The Balaban J connectivity index is 2.44. The summed E-state index contributed by atoms with van der Waals surface area (Å²) in [7, 11) is 0. The van der Waals surface area contributed by atoms with Gasteiger partial charge in [0, 0.05) is 0 Å². The smallest absolute Gasteiger partial charge is 0.123 e. The average Bonchev–Trinajstić information content (AvgIpc) is 2.19. The van der Waals surface area contributed by atoms with Crippen LogP contribution in [0, 0.1) is 17.7 Å². The molecule has 0 aliphatic carbocycles. The third kappa shape index (κ3) is 1.79. The Bertz CT molecular complexity index is 432. The fourth-order valence-corrected chi connectivity index (χ4v) is 1.23. The van der Waals surface area contributed by atoms with Gasteiger partial charge in [-0.05, 0) is 41.5 Å². The third-order valence-corrected chi connectivity index (χ3v) is 1.92. The van der Waals surface area contributed by atoms with Gasteiger partial charge in [0.2, 0.25) is 0 Å². The lowest BCUT2D eigenvalue weighted by molar-refractivity contribution is 0.627. The molecule has 14 heavy (non-hydrogen) atoms. The van der Waals surface area contributed by atoms with Crippen LogP contribution < -0.4 is 0 Å². The van der Waals surface area contributed by atoms with Crippen molar-refractivity contribution in [2.45, 2.75) is 0 Å². The van der Waals surface area contributed by atoms with Gasteiger partial charge in [0.1, 0.15) is 11.6 Å². The first-order valence-electron chi connectivity index (χ1n) is 4.19. The molecule has 2 aromatic rings. The van der Waals surface area contributed by atoms with Gasteiger partial charge in [-0.15, -0.1) is 0 Å². The van der Waals surface area contributed by atoms with Crippen molar-refractivity contribution in [3.05, 3.63) is 60.2 Å². The summed E-state index contributed by atoms with van der Waals surface area (Å²) in [6, 6.07) is 13.0. The molecule has 2 heteroatoms. The minimum atomic E-state index is -0.317. The lowest BCUT2D eigenvalue weighted by Crippen LogP contribution is -1.80. The molecule has 0 atom stereocenters. The van der Waals surface area contributed by atoms with Crippen molar-refractivity contribution in [1.29, 1.82) is 0 Å². The van der Waals surface area contributed by atoms with Gasteiger partial charge in [-0.3, -0.25) is 0 Å². The summed E-state index contributed by atoms with van der Waals surface area (Å²) in [6.07, 6.45) is 0. The van der Waals surface area contributed by atoms with Crippen LogP contribution in [0.4, 0.5) is 8.78 Å². The highest BCUT2D eigenvalue weighted by Crippen LogP contribution is 2.19. The van der Waals surface area contributed by atoms with Gasteiger partial charge in [-0.1, -0.05) is 18.2 Å². The van der Waals surface area contributed by atoms with Crippen molar-refractivity contribution in [2.24, 2.45) is 0 Å². The van der Waals surface area contributed by atoms with Crippen LogP contribution in [0.5, 0.6) is 0 Å². The lowest BCUT2D eigenvalue weighted by atomic mass is 10.1. The van der Waals surface area contributed by atoms with Gasteiger partial charge in [-0.25, -0.2) is 8.78 Å². The molecule has 0 fully saturated rings. The quantitative estimate of drug-likeness (QED) is 0.644. The molecule has 0 aromatic heterocycles. The van der Waals surface area contributed by atoms with E-state index in [1.165, 1.54) is 30.3 Å². The maximum atomic E-state index is 12.8. The minimum absolute atomic E-state index is 0.301. The molecular formula is C12H7F2. The summed E-state index contributed by atoms with van der Waals surface area (Å²) in [5.41, 5.74) is 1.39. The third-order valence-electron chi connectivity index (χ3n) is 1.92. The molecule has 2 rings (SSSR count). The predicted molar refractivity (Wildman–Crippen MR) is 50.6 cm³/mol. The van der Waals surface area contributed by atoms with E-state index in [1.807, 2.05) is 0 Å². The first-order valence-corrected chi connectivity index (χ1v) is 4.19. The van der Waals surface area contributed by atoms with E-state index in [2.05, 4.69) is 6.07 Å². The summed E-state index contributed by atoms with van der Waals surface area (Å²) in [4.78, 5) is 0. The van der Waals surface area contributed by atoms with Crippen LogP contribution in [-0.2, 0) is 0 Å². The van der Waals surface area contributed by atoms with Crippen molar-refractivity contribution in [2.75, 3.05) is 0 Å². The average molecular weight is 189 g/mol. The fraction of sp³-hybridized carbons (Fsp3) is 0. The molecule has 2 aromatic carbocycles. The van der Waals surface area contributed by atoms with E-state index >= 15 is 0 Å². The maximum absolute atomic E-state index is 12.8. The Morgan fingerprint density at radius 3 is 2.21 bits per heavy atom. The first kappa shape index (κ1) is 8.88. The summed E-state index contributed by atoms with van der Waals surface area (Å²) >= 11 is 0. The second-order valence-electron chi connectivity index (χ2n) is 2.93. The zero-order chi connectivity index (χ0) is 9.97. The van der Waals surface area contributed by atoms with Gasteiger partial charge in [0.15, 0.2) is 0 Å². The Kier molecular flexibility index (Phi) is 2.27. The number of hydrogen-bond donors (Lipinski definition) is 0. The zero-order valence-corrected chi connectivity index (χ0v) is 7.30. The standard InChI is InChI=1S/C12H7F2/c13-11-6-4-9(5-7-11)10-2-1-3-12(14)8-10/h1,3-8H. The van der Waals surface area contributed by atoms with Gasteiger partial charge >= 0.3 is 0 Å². The molecule has 0 heterocycles. The Hall–Kier alpha value is -1.70. The monoisotopic (exact) mass is 189 g/mol. The lowest BCUT2D eigenvalue weighted by Gasteiger charge is -2.00. The fourth-order valence-electron chi connectivity index (χ4n) is 1.23. The normalized spacial score (nSPS) is 10.1. The van der Waals surface area contributed by atoms with Crippen LogP contribution in [-0.4, -0.2) is 0 Å². The van der Waals surface area contributed by atoms with Crippen molar-refractivity contribution in [3.8, 4) is 11.1 Å². The zero-order valence-electron chi connectivity index (χ0n) is 7.30. The predicted octanol–water partition coefficient (Wildman–Crippen LogP) is 3.43. The van der Waals surface area contributed by atoms with Crippen molar-refractivity contribution in [1.82, 2.24) is 0 Å². The molecule has 0 bridgehead atoms. The van der Waals surface area contributed by atoms with Crippen LogP contribution >= 0.6 is 0 Å². The van der Waals surface area contributed by atoms with E-state index < -0.39 is 0 Å². The van der Waals surface area contributed by atoms with Crippen LogP contribution in [0.1, 0.15) is 0 Å². The summed E-state index contributed by atoms with van der Waals surface area (Å²) in [5, 5.41) is 0. The molecule has 0 unspecified atom stereocenters. The van der Waals surface area contributed by atoms with E-state index in [4.69, 9.17) is 0 Å². The van der Waals surface area contributed by atoms with Gasteiger partial charge in [-0.2, -0.15) is 0 Å². The van der Waals surface area contributed by atoms with Crippen LogP contribution in [0.3, 0.4) is 0 Å². The van der Waals surface area contributed by atoms with E-state index in [-0.39, 0.29) is 11.6 Å². The first-order chi connectivity index (χ1) is 6.75. The summed E-state index contributed by atoms with van der Waals surface area (Å²) in [6.45, 7) is 0. The molecule has 0 N–H and O–H groups in total. The van der Waals surface area contributed by atoms with Crippen molar-refractivity contribution >= 4 is 0 Å². The van der Waals surface area contributed by atoms with Crippen molar-refractivity contribution in [3.63, 3.8) is 0 Å². The molecular weight excluding hydrogens is 182 g/mol. The summed E-state index contributed by atoms with van der Waals surface area (Å²) in [5.74, 6) is -0.617. The second kappa shape index (κ2) is 3.58. The van der Waals surface area contributed by atoms with Crippen molar-refractivity contribution < 1.29 is 8.78 Å². The van der Waals surface area contributed by atoms with E-state index in [1.54, 1.807) is 12.1 Å². The molecule has 0 spiro atoms. The molecule has 0 saturated carbocycles. The second-order valence-corrected chi connectivity index (χ2v) is 2.93. The SMILES string of the molecule is Fc1ccc(-c2[c]ccc(F)c2)cc1. The molecule has 0 saturated heterocycles. The van der Waals surface area contributed by atoms with Gasteiger partial charge in [0.25, 0.3) is 0 Å². The minimum Gasteiger partial charge on any atom is -0.207 e. The molecule has 1 radical (unpaired) electrons. The highest BCUT2D eigenvalue weighted by molar-refractivity contribution is 5.62. The largest absolute Gasteiger partial charge is 0.207 e. The number of halogens is 2.